The topological polar surface area (TPSA) is 63.1 Å². The zero-order valence-corrected chi connectivity index (χ0v) is 15.7. The molecule has 3 rings (SSSR count). The number of halogens is 1. The Kier molecular flexibility index (Phi) is 5.23. The van der Waals surface area contributed by atoms with Crippen LogP contribution in [0.2, 0.25) is 5.02 Å². The number of nitrogens with zero attached hydrogens (tertiary/aromatic N) is 4. The lowest BCUT2D eigenvalue weighted by Crippen LogP contribution is -2.30. The minimum absolute atomic E-state index is 0.142. The van der Waals surface area contributed by atoms with Gasteiger partial charge in [-0.05, 0) is 49.2 Å². The Morgan fingerprint density at radius 1 is 1.23 bits per heavy atom. The Labute approximate surface area is 157 Å². The van der Waals surface area contributed by atoms with Gasteiger partial charge in [-0.1, -0.05) is 23.7 Å². The van der Waals surface area contributed by atoms with E-state index in [0.29, 0.717) is 16.4 Å². The summed E-state index contributed by atoms with van der Waals surface area (Å²) in [5, 5.41) is 7.57. The zero-order chi connectivity index (χ0) is 18.7. The quantitative estimate of drug-likeness (QED) is 0.746. The number of benzene rings is 2. The van der Waals surface area contributed by atoms with Gasteiger partial charge in [0.2, 0.25) is 5.91 Å². The molecule has 0 spiro atoms. The molecule has 0 unspecified atom stereocenters. The first-order chi connectivity index (χ1) is 12.4. The van der Waals surface area contributed by atoms with Crippen LogP contribution in [-0.2, 0) is 4.79 Å². The maximum atomic E-state index is 12.6. The van der Waals surface area contributed by atoms with Crippen molar-refractivity contribution >= 4 is 28.9 Å². The van der Waals surface area contributed by atoms with Crippen molar-refractivity contribution in [1.29, 1.82) is 0 Å². The Morgan fingerprint density at radius 2 is 2.04 bits per heavy atom. The van der Waals surface area contributed by atoms with Gasteiger partial charge in [-0.25, -0.2) is 9.67 Å². The van der Waals surface area contributed by atoms with Crippen LogP contribution in [-0.4, -0.2) is 34.3 Å². The summed E-state index contributed by atoms with van der Waals surface area (Å²) in [6.07, 6.45) is 3.01. The molecular formula is C19H20ClN5O. The van der Waals surface area contributed by atoms with Crippen molar-refractivity contribution in [3.8, 4) is 5.69 Å². The normalized spacial score (nSPS) is 10.6. The Balaban J connectivity index is 1.78. The number of carbonyl (C=O) groups is 1. The number of nitrogens with one attached hydrogen (secondary N) is 1. The second-order valence-corrected chi connectivity index (χ2v) is 6.63. The summed E-state index contributed by atoms with van der Waals surface area (Å²) in [5.41, 5.74) is 4.60. The van der Waals surface area contributed by atoms with Crippen molar-refractivity contribution in [1.82, 2.24) is 14.8 Å². The second kappa shape index (κ2) is 7.58. The lowest BCUT2D eigenvalue weighted by molar-refractivity contribution is -0.114. The maximum absolute atomic E-state index is 12.6. The number of amides is 1. The summed E-state index contributed by atoms with van der Waals surface area (Å²) in [7, 11) is 1.90. The fraction of sp³-hybridized carbons (Fsp3) is 0.211. The van der Waals surface area contributed by atoms with E-state index < -0.39 is 0 Å². The smallest absolute Gasteiger partial charge is 0.243 e. The van der Waals surface area contributed by atoms with Gasteiger partial charge in [-0.2, -0.15) is 5.10 Å². The van der Waals surface area contributed by atoms with Gasteiger partial charge in [0.15, 0.2) is 0 Å². The van der Waals surface area contributed by atoms with Crippen LogP contribution in [0.3, 0.4) is 0 Å². The summed E-state index contributed by atoms with van der Waals surface area (Å²) < 4.78 is 1.58. The van der Waals surface area contributed by atoms with Crippen molar-refractivity contribution in [3.63, 3.8) is 0 Å². The van der Waals surface area contributed by atoms with Crippen LogP contribution in [0.25, 0.3) is 5.69 Å². The molecule has 0 aliphatic heterocycles. The number of anilines is 2. The number of hydrogen-bond donors (Lipinski definition) is 1. The SMILES string of the molecule is Cc1ccc(C)c(N(C)CC(=O)Nc2cc(Cl)ccc2-n2cncn2)c1. The molecule has 1 amide bonds. The second-order valence-electron chi connectivity index (χ2n) is 6.20. The van der Waals surface area contributed by atoms with Crippen molar-refractivity contribution in [2.75, 3.05) is 23.8 Å². The first-order valence-electron chi connectivity index (χ1n) is 8.17. The molecule has 0 radical (unpaired) electrons. The molecule has 0 aliphatic rings. The van der Waals surface area contributed by atoms with E-state index in [2.05, 4.69) is 33.6 Å². The molecule has 26 heavy (non-hydrogen) atoms. The third-order valence-electron chi connectivity index (χ3n) is 4.05. The summed E-state index contributed by atoms with van der Waals surface area (Å²) in [6, 6.07) is 11.4. The fourth-order valence-corrected chi connectivity index (χ4v) is 2.93. The largest absolute Gasteiger partial charge is 0.365 e. The number of aromatic nitrogens is 3. The van der Waals surface area contributed by atoms with Crippen LogP contribution in [0.5, 0.6) is 0 Å². The van der Waals surface area contributed by atoms with Gasteiger partial charge in [-0.15, -0.1) is 0 Å². The van der Waals surface area contributed by atoms with E-state index in [1.807, 2.05) is 25.8 Å². The minimum Gasteiger partial charge on any atom is -0.365 e. The monoisotopic (exact) mass is 369 g/mol. The maximum Gasteiger partial charge on any atom is 0.243 e. The minimum atomic E-state index is -0.142. The van der Waals surface area contributed by atoms with Gasteiger partial charge in [0.05, 0.1) is 17.9 Å². The number of carbonyl (C=O) groups excluding carboxylic acids is 1. The molecule has 6 nitrogen and oxygen atoms in total. The van der Waals surface area contributed by atoms with Crippen LogP contribution < -0.4 is 10.2 Å². The molecule has 2 aromatic carbocycles. The average molecular weight is 370 g/mol. The molecule has 0 fully saturated rings. The molecule has 0 saturated heterocycles. The highest BCUT2D eigenvalue weighted by Crippen LogP contribution is 2.24. The first kappa shape index (κ1) is 17.9. The van der Waals surface area contributed by atoms with Crippen molar-refractivity contribution < 1.29 is 4.79 Å². The fourth-order valence-electron chi connectivity index (χ4n) is 2.76. The lowest BCUT2D eigenvalue weighted by Gasteiger charge is -2.22. The van der Waals surface area contributed by atoms with Gasteiger partial charge in [0.25, 0.3) is 0 Å². The highest BCUT2D eigenvalue weighted by Gasteiger charge is 2.13. The van der Waals surface area contributed by atoms with Crippen LogP contribution >= 0.6 is 11.6 Å². The Morgan fingerprint density at radius 3 is 2.77 bits per heavy atom. The summed E-state index contributed by atoms with van der Waals surface area (Å²) in [6.45, 7) is 4.28. The van der Waals surface area contributed by atoms with Gasteiger partial charge in [0, 0.05) is 17.8 Å². The Bertz CT molecular complexity index is 924. The van der Waals surface area contributed by atoms with E-state index in [-0.39, 0.29) is 12.5 Å². The summed E-state index contributed by atoms with van der Waals surface area (Å²) in [4.78, 5) is 18.5. The molecule has 0 aliphatic carbocycles. The van der Waals surface area contributed by atoms with E-state index in [1.165, 1.54) is 6.33 Å². The van der Waals surface area contributed by atoms with Crippen molar-refractivity contribution in [3.05, 3.63) is 65.2 Å². The Hall–Kier alpha value is -2.86. The third-order valence-corrected chi connectivity index (χ3v) is 4.29. The number of aryl methyl sites for hydroxylation is 2. The van der Waals surface area contributed by atoms with E-state index in [1.54, 1.807) is 29.2 Å². The van der Waals surface area contributed by atoms with Crippen LogP contribution in [0, 0.1) is 13.8 Å². The summed E-state index contributed by atoms with van der Waals surface area (Å²) >= 11 is 6.09. The van der Waals surface area contributed by atoms with E-state index in [0.717, 1.165) is 16.8 Å². The molecule has 1 heterocycles. The van der Waals surface area contributed by atoms with Crippen LogP contribution in [0.15, 0.2) is 49.1 Å². The van der Waals surface area contributed by atoms with E-state index in [9.17, 15) is 4.79 Å². The number of rotatable bonds is 5. The molecular weight excluding hydrogens is 350 g/mol. The highest BCUT2D eigenvalue weighted by atomic mass is 35.5. The van der Waals surface area contributed by atoms with Crippen LogP contribution in [0.4, 0.5) is 11.4 Å². The molecule has 3 aromatic rings. The van der Waals surface area contributed by atoms with Gasteiger partial charge in [0.1, 0.15) is 12.7 Å². The average Bonchev–Trinajstić information content (AvgIpc) is 3.11. The number of hydrogen-bond acceptors (Lipinski definition) is 4. The summed E-state index contributed by atoms with van der Waals surface area (Å²) in [5.74, 6) is -0.142. The zero-order valence-electron chi connectivity index (χ0n) is 14.9. The molecule has 0 saturated carbocycles. The van der Waals surface area contributed by atoms with E-state index in [4.69, 9.17) is 11.6 Å². The van der Waals surface area contributed by atoms with Gasteiger partial charge < -0.3 is 10.2 Å². The van der Waals surface area contributed by atoms with Crippen molar-refractivity contribution in [2.45, 2.75) is 13.8 Å². The third kappa shape index (κ3) is 4.03. The van der Waals surface area contributed by atoms with Gasteiger partial charge >= 0.3 is 0 Å². The molecule has 1 N–H and O–H groups in total. The standard InChI is InChI=1S/C19H20ClN5O/c1-13-4-5-14(2)18(8-13)24(3)10-19(26)23-16-9-15(20)6-7-17(16)25-12-21-11-22-25/h4-9,11-12H,10H2,1-3H3,(H,23,26). The molecule has 0 bridgehead atoms. The predicted molar refractivity (Wildman–Crippen MR) is 104 cm³/mol. The molecule has 134 valence electrons. The van der Waals surface area contributed by atoms with Gasteiger partial charge in [-0.3, -0.25) is 4.79 Å². The molecule has 7 heteroatoms. The first-order valence-corrected chi connectivity index (χ1v) is 8.54. The van der Waals surface area contributed by atoms with Crippen molar-refractivity contribution in [2.24, 2.45) is 0 Å². The lowest BCUT2D eigenvalue weighted by atomic mass is 10.1. The van der Waals surface area contributed by atoms with Crippen LogP contribution in [0.1, 0.15) is 11.1 Å². The highest BCUT2D eigenvalue weighted by molar-refractivity contribution is 6.31. The predicted octanol–water partition coefficient (Wildman–Crippen LogP) is 3.61. The number of likely N-dealkylation sites (N-methyl/N-ethyl adjacent to an activating group) is 1. The molecule has 0 atom stereocenters. The van der Waals surface area contributed by atoms with E-state index >= 15 is 0 Å². The molecule has 1 aromatic heterocycles.